The van der Waals surface area contributed by atoms with Gasteiger partial charge in [0.15, 0.2) is 5.78 Å². The fourth-order valence-corrected chi connectivity index (χ4v) is 1.32. The lowest BCUT2D eigenvalue weighted by Gasteiger charge is -2.22. The highest BCUT2D eigenvalue weighted by Crippen LogP contribution is 2.22. The van der Waals surface area contributed by atoms with E-state index in [1.54, 1.807) is 12.1 Å². The Bertz CT molecular complexity index is 341. The van der Waals surface area contributed by atoms with Gasteiger partial charge in [0, 0.05) is 11.0 Å². The largest absolute Gasteiger partial charge is 0.395 e. The van der Waals surface area contributed by atoms with E-state index in [4.69, 9.17) is 5.73 Å². The van der Waals surface area contributed by atoms with Gasteiger partial charge in [-0.1, -0.05) is 38.1 Å². The van der Waals surface area contributed by atoms with Crippen molar-refractivity contribution in [2.24, 2.45) is 5.73 Å². The Balaban J connectivity index is 2.95. The summed E-state index contributed by atoms with van der Waals surface area (Å²) >= 11 is 0. The van der Waals surface area contributed by atoms with E-state index in [1.165, 1.54) is 0 Å². The first-order valence-corrected chi connectivity index (χ1v) is 4.96. The zero-order valence-electron chi connectivity index (χ0n) is 9.16. The molecule has 0 fully saturated rings. The molecule has 0 atom stereocenters. The van der Waals surface area contributed by atoms with Crippen LogP contribution >= 0.6 is 0 Å². The Morgan fingerprint density at radius 3 is 2.27 bits per heavy atom. The lowest BCUT2D eigenvalue weighted by Crippen LogP contribution is -2.22. The van der Waals surface area contributed by atoms with Crippen molar-refractivity contribution in [1.29, 1.82) is 0 Å². The average Bonchev–Trinajstić information content (AvgIpc) is 2.28. The van der Waals surface area contributed by atoms with Crippen molar-refractivity contribution >= 4 is 5.78 Å². The molecule has 0 heterocycles. The van der Waals surface area contributed by atoms with Gasteiger partial charge >= 0.3 is 0 Å². The zero-order chi connectivity index (χ0) is 11.5. The fraction of sp³-hybridized carbons (Fsp3) is 0.417. The van der Waals surface area contributed by atoms with Crippen molar-refractivity contribution in [1.82, 2.24) is 0 Å². The highest BCUT2D eigenvalue weighted by Gasteiger charge is 2.19. The molecule has 0 bridgehead atoms. The highest BCUT2D eigenvalue weighted by atomic mass is 16.3. The monoisotopic (exact) mass is 207 g/mol. The molecule has 0 radical (unpaired) electrons. The van der Waals surface area contributed by atoms with Crippen LogP contribution in [0.3, 0.4) is 0 Å². The third-order valence-corrected chi connectivity index (χ3v) is 2.57. The summed E-state index contributed by atoms with van der Waals surface area (Å²) in [4.78, 5) is 11.3. The number of aliphatic hydroxyl groups excluding tert-OH is 1. The first kappa shape index (κ1) is 11.9. The normalized spacial score (nSPS) is 11.5. The molecule has 0 amide bonds. The minimum Gasteiger partial charge on any atom is -0.395 e. The van der Waals surface area contributed by atoms with Gasteiger partial charge in [0.05, 0.1) is 13.2 Å². The van der Waals surface area contributed by atoms with Crippen LogP contribution in [0.25, 0.3) is 0 Å². The molecule has 0 saturated heterocycles. The first-order chi connectivity index (χ1) is 7.01. The van der Waals surface area contributed by atoms with Gasteiger partial charge in [-0.3, -0.25) is 4.79 Å². The number of Topliss-reactive ketones (excluding diaryl/α,β-unsaturated/α-hetero) is 1. The van der Waals surface area contributed by atoms with Crippen molar-refractivity contribution in [3.05, 3.63) is 35.4 Å². The van der Waals surface area contributed by atoms with Gasteiger partial charge < -0.3 is 10.8 Å². The predicted molar refractivity (Wildman–Crippen MR) is 59.9 cm³/mol. The SMILES string of the molecule is CC(C)(CO)c1ccc(C(=O)CN)cc1. The average molecular weight is 207 g/mol. The first-order valence-electron chi connectivity index (χ1n) is 4.96. The molecule has 3 N–H and O–H groups in total. The number of hydrogen-bond acceptors (Lipinski definition) is 3. The molecule has 0 aliphatic carbocycles. The number of benzene rings is 1. The van der Waals surface area contributed by atoms with Crippen LogP contribution in [0.5, 0.6) is 0 Å². The van der Waals surface area contributed by atoms with E-state index in [0.717, 1.165) is 5.56 Å². The van der Waals surface area contributed by atoms with Crippen molar-refractivity contribution in [3.8, 4) is 0 Å². The molecule has 15 heavy (non-hydrogen) atoms. The van der Waals surface area contributed by atoms with E-state index in [2.05, 4.69) is 0 Å². The van der Waals surface area contributed by atoms with Crippen LogP contribution in [0.4, 0.5) is 0 Å². The summed E-state index contributed by atoms with van der Waals surface area (Å²) < 4.78 is 0. The van der Waals surface area contributed by atoms with Gasteiger partial charge in [0.2, 0.25) is 0 Å². The van der Waals surface area contributed by atoms with E-state index in [-0.39, 0.29) is 24.3 Å². The third-order valence-electron chi connectivity index (χ3n) is 2.57. The van der Waals surface area contributed by atoms with Crippen LogP contribution in [0, 0.1) is 0 Å². The molecule has 1 aromatic rings. The summed E-state index contributed by atoms with van der Waals surface area (Å²) in [5.74, 6) is -0.0663. The van der Waals surface area contributed by atoms with Crippen molar-refractivity contribution < 1.29 is 9.90 Å². The van der Waals surface area contributed by atoms with Crippen LogP contribution in [0.2, 0.25) is 0 Å². The topological polar surface area (TPSA) is 63.3 Å². The van der Waals surface area contributed by atoms with Crippen LogP contribution in [0.15, 0.2) is 24.3 Å². The molecule has 0 aliphatic rings. The van der Waals surface area contributed by atoms with Gasteiger partial charge in [-0.25, -0.2) is 0 Å². The molecule has 1 rings (SSSR count). The molecule has 3 heteroatoms. The predicted octanol–water partition coefficient (Wildman–Crippen LogP) is 1.10. The molecule has 0 spiro atoms. The highest BCUT2D eigenvalue weighted by molar-refractivity contribution is 5.97. The Hall–Kier alpha value is -1.19. The molecular formula is C12H17NO2. The zero-order valence-corrected chi connectivity index (χ0v) is 9.16. The Labute approximate surface area is 89.9 Å². The second-order valence-electron chi connectivity index (χ2n) is 4.25. The van der Waals surface area contributed by atoms with Crippen LogP contribution in [0.1, 0.15) is 29.8 Å². The third kappa shape index (κ3) is 2.64. The molecule has 0 unspecified atom stereocenters. The Morgan fingerprint density at radius 2 is 1.87 bits per heavy atom. The standard InChI is InChI=1S/C12H17NO2/c1-12(2,8-14)10-5-3-9(4-6-10)11(15)7-13/h3-6,14H,7-8,13H2,1-2H3. The smallest absolute Gasteiger partial charge is 0.176 e. The number of ketones is 1. The number of rotatable bonds is 4. The summed E-state index contributed by atoms with van der Waals surface area (Å²) in [5, 5.41) is 9.19. The molecule has 0 aromatic heterocycles. The number of carbonyl (C=O) groups is 1. The van der Waals surface area contributed by atoms with Crippen molar-refractivity contribution in [2.75, 3.05) is 13.2 Å². The maximum absolute atomic E-state index is 11.3. The summed E-state index contributed by atoms with van der Waals surface area (Å²) in [7, 11) is 0. The van der Waals surface area contributed by atoms with Crippen molar-refractivity contribution in [3.63, 3.8) is 0 Å². The lowest BCUT2D eigenvalue weighted by molar-refractivity contribution is 0.100. The molecule has 0 aliphatic heterocycles. The number of carbonyl (C=O) groups excluding carboxylic acids is 1. The van der Waals surface area contributed by atoms with Crippen molar-refractivity contribution in [2.45, 2.75) is 19.3 Å². The molecular weight excluding hydrogens is 190 g/mol. The van der Waals surface area contributed by atoms with Gasteiger partial charge in [-0.2, -0.15) is 0 Å². The molecule has 82 valence electrons. The number of aliphatic hydroxyl groups is 1. The summed E-state index contributed by atoms with van der Waals surface area (Å²) in [5.41, 5.74) is 6.62. The van der Waals surface area contributed by atoms with E-state index in [0.29, 0.717) is 5.56 Å². The quantitative estimate of drug-likeness (QED) is 0.727. The Kier molecular flexibility index (Phi) is 3.61. The maximum atomic E-state index is 11.3. The van der Waals surface area contributed by atoms with Gasteiger partial charge in [0.25, 0.3) is 0 Å². The molecule has 3 nitrogen and oxygen atoms in total. The van der Waals surface area contributed by atoms with Crippen LogP contribution < -0.4 is 5.73 Å². The summed E-state index contributed by atoms with van der Waals surface area (Å²) in [6, 6.07) is 7.22. The van der Waals surface area contributed by atoms with Gasteiger partial charge in [0.1, 0.15) is 0 Å². The van der Waals surface area contributed by atoms with E-state index in [9.17, 15) is 9.90 Å². The number of hydrogen-bond donors (Lipinski definition) is 2. The minimum atomic E-state index is -0.274. The fourth-order valence-electron chi connectivity index (χ4n) is 1.32. The van der Waals surface area contributed by atoms with E-state index in [1.807, 2.05) is 26.0 Å². The summed E-state index contributed by atoms with van der Waals surface area (Å²) in [6.45, 7) is 4.01. The minimum absolute atomic E-state index is 0.0305. The molecule has 1 aromatic carbocycles. The van der Waals surface area contributed by atoms with Gasteiger partial charge in [-0.05, 0) is 5.56 Å². The van der Waals surface area contributed by atoms with Crippen LogP contribution in [-0.4, -0.2) is 24.0 Å². The van der Waals surface area contributed by atoms with E-state index >= 15 is 0 Å². The second-order valence-corrected chi connectivity index (χ2v) is 4.25. The van der Waals surface area contributed by atoms with Crippen LogP contribution in [-0.2, 0) is 5.41 Å². The van der Waals surface area contributed by atoms with E-state index < -0.39 is 0 Å². The van der Waals surface area contributed by atoms with Gasteiger partial charge in [-0.15, -0.1) is 0 Å². The molecule has 0 saturated carbocycles. The lowest BCUT2D eigenvalue weighted by atomic mass is 9.85. The Morgan fingerprint density at radius 1 is 1.33 bits per heavy atom. The summed E-state index contributed by atoms with van der Waals surface area (Å²) in [6.07, 6.45) is 0. The second kappa shape index (κ2) is 4.55. The number of nitrogens with two attached hydrogens (primary N) is 1. The maximum Gasteiger partial charge on any atom is 0.176 e.